The van der Waals surface area contributed by atoms with Crippen molar-refractivity contribution in [1.82, 2.24) is 25.2 Å². The number of benzene rings is 1. The molecule has 1 aromatic carbocycles. The highest BCUT2D eigenvalue weighted by molar-refractivity contribution is 6.25. The first-order valence-electron chi connectivity index (χ1n) is 12.7. The predicted molar refractivity (Wildman–Crippen MR) is 133 cm³/mol. The van der Waals surface area contributed by atoms with E-state index in [-0.39, 0.29) is 24.0 Å². The molecule has 1 aromatic heterocycles. The summed E-state index contributed by atoms with van der Waals surface area (Å²) < 4.78 is 18.3. The number of rotatable bonds is 15. The Balaban J connectivity index is 1.11. The van der Waals surface area contributed by atoms with Crippen LogP contribution >= 0.6 is 0 Å². The van der Waals surface area contributed by atoms with E-state index >= 15 is 0 Å². The fourth-order valence-electron chi connectivity index (χ4n) is 4.23. The lowest BCUT2D eigenvalue weighted by atomic mass is 10.0. The minimum Gasteiger partial charge on any atom is -0.382 e. The van der Waals surface area contributed by atoms with E-state index < -0.39 is 29.7 Å². The summed E-state index contributed by atoms with van der Waals surface area (Å²) in [5, 5.41) is 13.4. The summed E-state index contributed by atoms with van der Waals surface area (Å²) in [6.45, 7) is 5.70. The molecule has 0 radical (unpaired) electrons. The third-order valence-electron chi connectivity index (χ3n) is 6.19. The minimum absolute atomic E-state index is 0.0762. The Morgan fingerprint density at radius 1 is 1.00 bits per heavy atom. The molecule has 1 atom stereocenters. The molecule has 0 bridgehead atoms. The van der Waals surface area contributed by atoms with Gasteiger partial charge in [-0.3, -0.25) is 29.4 Å². The highest BCUT2D eigenvalue weighted by Crippen LogP contribution is 2.32. The number of carbonyl (C=O) groups excluding carboxylic acids is 4. The number of anilines is 1. The molecule has 2 N–H and O–H groups in total. The highest BCUT2D eigenvalue weighted by atomic mass is 16.5. The largest absolute Gasteiger partial charge is 0.382 e. The van der Waals surface area contributed by atoms with Gasteiger partial charge in [0.05, 0.1) is 63.0 Å². The standard InChI is InChI=1S/C25H32N6O7/c1-2-17-16-30(29-28-17)9-11-37-13-15-38-14-12-36-10-8-26-19-5-3-4-18-22(19)25(35)31(24(18)34)20-6-7-21(32)27-23(20)33/h3-5,16,20,26H,2,6-15H2,1H3,(H,27,32,33). The van der Waals surface area contributed by atoms with Crippen LogP contribution in [0, 0.1) is 0 Å². The van der Waals surface area contributed by atoms with E-state index in [0.717, 1.165) is 17.0 Å². The van der Waals surface area contributed by atoms with Crippen LogP contribution in [0.15, 0.2) is 24.4 Å². The van der Waals surface area contributed by atoms with Crippen LogP contribution in [0.1, 0.15) is 46.2 Å². The third kappa shape index (κ3) is 6.60. The summed E-state index contributed by atoms with van der Waals surface area (Å²) in [4.78, 5) is 50.6. The van der Waals surface area contributed by atoms with Crippen molar-refractivity contribution < 1.29 is 33.4 Å². The van der Waals surface area contributed by atoms with Crippen molar-refractivity contribution in [1.29, 1.82) is 0 Å². The number of hydrogen-bond acceptors (Lipinski definition) is 10. The van der Waals surface area contributed by atoms with Crippen LogP contribution < -0.4 is 10.6 Å². The highest BCUT2D eigenvalue weighted by Gasteiger charge is 2.45. The number of carbonyl (C=O) groups is 4. The molecule has 2 aliphatic heterocycles. The van der Waals surface area contributed by atoms with Crippen LogP contribution in [0.25, 0.3) is 0 Å². The summed E-state index contributed by atoms with van der Waals surface area (Å²) in [5.74, 6) is -2.13. The molecule has 204 valence electrons. The molecule has 3 heterocycles. The fraction of sp³-hybridized carbons (Fsp3) is 0.520. The second kappa shape index (κ2) is 13.2. The number of hydrogen-bond donors (Lipinski definition) is 2. The Labute approximate surface area is 219 Å². The third-order valence-corrected chi connectivity index (χ3v) is 6.19. The first-order chi connectivity index (χ1) is 18.5. The first kappa shape index (κ1) is 27.4. The molecule has 38 heavy (non-hydrogen) atoms. The van der Waals surface area contributed by atoms with Crippen LogP contribution in [-0.4, -0.2) is 95.8 Å². The SMILES string of the molecule is CCc1cn(CCOCCOCCOCCNc2cccc3c2C(=O)N(C2CCC(=O)NC2=O)C3=O)nn1. The normalized spacial score (nSPS) is 17.2. The van der Waals surface area contributed by atoms with Gasteiger partial charge in [-0.15, -0.1) is 5.10 Å². The van der Waals surface area contributed by atoms with Gasteiger partial charge in [0.15, 0.2) is 0 Å². The second-order valence-electron chi connectivity index (χ2n) is 8.77. The van der Waals surface area contributed by atoms with Crippen LogP contribution in [0.2, 0.25) is 0 Å². The number of nitrogens with zero attached hydrogens (tertiary/aromatic N) is 4. The number of piperidine rings is 1. The lowest BCUT2D eigenvalue weighted by Gasteiger charge is -2.27. The maximum absolute atomic E-state index is 13.1. The number of imide groups is 2. The molecule has 0 saturated carbocycles. The number of nitrogens with one attached hydrogen (secondary N) is 2. The van der Waals surface area contributed by atoms with E-state index in [4.69, 9.17) is 14.2 Å². The maximum atomic E-state index is 13.1. The Morgan fingerprint density at radius 2 is 1.74 bits per heavy atom. The molecule has 2 aliphatic rings. The molecule has 13 heteroatoms. The summed E-state index contributed by atoms with van der Waals surface area (Å²) in [5.41, 5.74) is 1.90. The summed E-state index contributed by atoms with van der Waals surface area (Å²) >= 11 is 0. The van der Waals surface area contributed by atoms with Gasteiger partial charge in [-0.05, 0) is 25.0 Å². The van der Waals surface area contributed by atoms with Gasteiger partial charge in [0.25, 0.3) is 11.8 Å². The maximum Gasteiger partial charge on any atom is 0.264 e. The fourth-order valence-corrected chi connectivity index (χ4v) is 4.23. The number of amides is 4. The molecule has 1 fully saturated rings. The van der Waals surface area contributed by atoms with Crippen LogP contribution in [0.5, 0.6) is 0 Å². The van der Waals surface area contributed by atoms with E-state index in [0.29, 0.717) is 58.4 Å². The number of aryl methyl sites for hydroxylation is 1. The second-order valence-corrected chi connectivity index (χ2v) is 8.77. The van der Waals surface area contributed by atoms with Gasteiger partial charge in [-0.1, -0.05) is 18.2 Å². The van der Waals surface area contributed by atoms with Gasteiger partial charge in [-0.25, -0.2) is 4.68 Å². The van der Waals surface area contributed by atoms with E-state index in [2.05, 4.69) is 20.9 Å². The van der Waals surface area contributed by atoms with Gasteiger partial charge in [-0.2, -0.15) is 0 Å². The van der Waals surface area contributed by atoms with Gasteiger partial charge in [0.1, 0.15) is 6.04 Å². The van der Waals surface area contributed by atoms with Gasteiger partial charge in [0, 0.05) is 24.8 Å². The molecular weight excluding hydrogens is 496 g/mol. The molecule has 1 saturated heterocycles. The topological polar surface area (TPSA) is 154 Å². The predicted octanol–water partition coefficient (Wildman–Crippen LogP) is 0.404. The average molecular weight is 529 g/mol. The molecule has 0 spiro atoms. The van der Waals surface area contributed by atoms with Crippen LogP contribution in [0.4, 0.5) is 5.69 Å². The summed E-state index contributed by atoms with van der Waals surface area (Å²) in [6, 6.07) is 3.93. The van der Waals surface area contributed by atoms with Crippen LogP contribution in [0.3, 0.4) is 0 Å². The van der Waals surface area contributed by atoms with Crippen molar-refractivity contribution in [2.24, 2.45) is 0 Å². The molecule has 13 nitrogen and oxygen atoms in total. The van der Waals surface area contributed by atoms with Crippen molar-refractivity contribution in [3.05, 3.63) is 41.2 Å². The lowest BCUT2D eigenvalue weighted by Crippen LogP contribution is -2.54. The number of ether oxygens (including phenoxy) is 3. The quantitative estimate of drug-likeness (QED) is 0.245. The van der Waals surface area contributed by atoms with Gasteiger partial charge in [0.2, 0.25) is 11.8 Å². The molecule has 4 amide bonds. The van der Waals surface area contributed by atoms with Crippen LogP contribution in [-0.2, 0) is 36.8 Å². The van der Waals surface area contributed by atoms with E-state index in [1.54, 1.807) is 22.9 Å². The first-order valence-corrected chi connectivity index (χ1v) is 12.7. The van der Waals surface area contributed by atoms with Crippen molar-refractivity contribution in [2.75, 3.05) is 51.5 Å². The number of aromatic nitrogens is 3. The Bertz CT molecular complexity index is 1170. The molecule has 2 aromatic rings. The molecule has 1 unspecified atom stereocenters. The van der Waals surface area contributed by atoms with E-state index in [1.165, 1.54) is 0 Å². The van der Waals surface area contributed by atoms with E-state index in [9.17, 15) is 19.2 Å². The number of fused-ring (bicyclic) bond motifs is 1. The Hall–Kier alpha value is -3.68. The zero-order valence-corrected chi connectivity index (χ0v) is 21.3. The van der Waals surface area contributed by atoms with Gasteiger partial charge >= 0.3 is 0 Å². The summed E-state index contributed by atoms with van der Waals surface area (Å²) in [7, 11) is 0. The van der Waals surface area contributed by atoms with Crippen molar-refractivity contribution >= 4 is 29.3 Å². The Kier molecular flexibility index (Phi) is 9.51. The average Bonchev–Trinajstić information content (AvgIpc) is 3.47. The van der Waals surface area contributed by atoms with Crippen molar-refractivity contribution in [3.63, 3.8) is 0 Å². The minimum atomic E-state index is -0.996. The smallest absolute Gasteiger partial charge is 0.264 e. The zero-order valence-electron chi connectivity index (χ0n) is 21.3. The summed E-state index contributed by atoms with van der Waals surface area (Å²) in [6.07, 6.45) is 2.95. The van der Waals surface area contributed by atoms with Crippen molar-refractivity contribution in [3.8, 4) is 0 Å². The molecule has 0 aliphatic carbocycles. The lowest BCUT2D eigenvalue weighted by molar-refractivity contribution is -0.136. The Morgan fingerprint density at radius 3 is 2.45 bits per heavy atom. The van der Waals surface area contributed by atoms with E-state index in [1.807, 2.05) is 13.1 Å². The van der Waals surface area contributed by atoms with Gasteiger partial charge < -0.3 is 19.5 Å². The molecule has 4 rings (SSSR count). The molecular formula is C25H32N6O7. The van der Waals surface area contributed by atoms with Crippen molar-refractivity contribution in [2.45, 2.75) is 38.8 Å². The monoisotopic (exact) mass is 528 g/mol. The zero-order chi connectivity index (χ0) is 26.9.